The fourth-order valence-corrected chi connectivity index (χ4v) is 5.59. The molecule has 0 unspecified atom stereocenters. The van der Waals surface area contributed by atoms with Crippen molar-refractivity contribution >= 4 is 60.7 Å². The van der Waals surface area contributed by atoms with Crippen molar-refractivity contribution in [2.24, 2.45) is 0 Å². The maximum Gasteiger partial charge on any atom is 0.265 e. The Morgan fingerprint density at radius 2 is 1.81 bits per heavy atom. The summed E-state index contributed by atoms with van der Waals surface area (Å²) in [5, 5.41) is 6.66. The minimum atomic E-state index is -0.287. The third-order valence-electron chi connectivity index (χ3n) is 4.97. The van der Waals surface area contributed by atoms with E-state index in [2.05, 4.69) is 20.5 Å². The van der Waals surface area contributed by atoms with Crippen LogP contribution in [0, 0.1) is 0 Å². The zero-order valence-corrected chi connectivity index (χ0v) is 18.1. The molecule has 0 atom stereocenters. The summed E-state index contributed by atoms with van der Waals surface area (Å²) in [5.74, 6) is -0.0216. The van der Waals surface area contributed by atoms with Crippen molar-refractivity contribution in [1.29, 1.82) is 0 Å². The lowest BCUT2D eigenvalue weighted by atomic mass is 10.2. The minimum absolute atomic E-state index is 0.208. The Morgan fingerprint density at radius 1 is 0.935 bits per heavy atom. The van der Waals surface area contributed by atoms with Crippen LogP contribution in [0.15, 0.2) is 54.7 Å². The molecule has 1 aliphatic rings. The van der Waals surface area contributed by atoms with Gasteiger partial charge in [-0.2, -0.15) is 0 Å². The van der Waals surface area contributed by atoms with Crippen LogP contribution >= 0.6 is 22.7 Å². The molecule has 0 bridgehead atoms. The van der Waals surface area contributed by atoms with Crippen LogP contribution in [0.5, 0.6) is 0 Å². The van der Waals surface area contributed by atoms with E-state index in [0.29, 0.717) is 21.9 Å². The topological polar surface area (TPSA) is 87.2 Å². The van der Waals surface area contributed by atoms with Crippen molar-refractivity contribution in [3.63, 3.8) is 0 Å². The molecule has 0 radical (unpaired) electrons. The second-order valence-electron chi connectivity index (χ2n) is 7.17. The van der Waals surface area contributed by atoms with E-state index in [-0.39, 0.29) is 11.8 Å². The number of benzene rings is 1. The van der Waals surface area contributed by atoms with Gasteiger partial charge in [-0.1, -0.05) is 23.5 Å². The van der Waals surface area contributed by atoms with E-state index in [4.69, 9.17) is 4.98 Å². The third kappa shape index (κ3) is 4.28. The summed E-state index contributed by atoms with van der Waals surface area (Å²) in [4.78, 5) is 37.8. The van der Waals surface area contributed by atoms with E-state index < -0.39 is 0 Å². The van der Waals surface area contributed by atoms with E-state index >= 15 is 0 Å². The predicted molar refractivity (Wildman–Crippen MR) is 126 cm³/mol. The summed E-state index contributed by atoms with van der Waals surface area (Å²) in [5.41, 5.74) is 0.994. The number of nitrogens with one attached hydrogen (secondary N) is 2. The van der Waals surface area contributed by atoms with Gasteiger partial charge in [-0.05, 0) is 49.2 Å². The van der Waals surface area contributed by atoms with Crippen molar-refractivity contribution in [3.8, 4) is 0 Å². The molecule has 5 rings (SSSR count). The number of hydrogen-bond acceptors (Lipinski definition) is 7. The molecule has 156 valence electrons. The highest BCUT2D eigenvalue weighted by Gasteiger charge is 2.19. The Morgan fingerprint density at radius 3 is 2.58 bits per heavy atom. The van der Waals surface area contributed by atoms with Gasteiger partial charge in [0.15, 0.2) is 5.13 Å². The number of amides is 2. The highest BCUT2D eigenvalue weighted by molar-refractivity contribution is 7.29. The number of pyridine rings is 1. The molecule has 31 heavy (non-hydrogen) atoms. The molecule has 9 heteroatoms. The molecule has 1 fully saturated rings. The molecular formula is C22H19N5O2S2. The SMILES string of the molecule is O=C(Nc1ccccn1)c1cccc(NC(=O)c2cc3sc(N4CCCC4)nc3s2)c1. The lowest BCUT2D eigenvalue weighted by Crippen LogP contribution is -2.16. The zero-order valence-electron chi connectivity index (χ0n) is 16.5. The van der Waals surface area contributed by atoms with Crippen molar-refractivity contribution in [3.05, 3.63) is 65.2 Å². The highest BCUT2D eigenvalue weighted by atomic mass is 32.1. The number of rotatable bonds is 5. The zero-order chi connectivity index (χ0) is 21.2. The normalized spacial score (nSPS) is 13.5. The van der Waals surface area contributed by atoms with Crippen molar-refractivity contribution in [2.75, 3.05) is 28.6 Å². The van der Waals surface area contributed by atoms with E-state index in [1.54, 1.807) is 60.0 Å². The van der Waals surface area contributed by atoms with Gasteiger partial charge in [0, 0.05) is 30.5 Å². The van der Waals surface area contributed by atoms with E-state index in [0.717, 1.165) is 27.8 Å². The summed E-state index contributed by atoms with van der Waals surface area (Å²) in [6, 6.07) is 14.0. The van der Waals surface area contributed by atoms with Gasteiger partial charge in [0.2, 0.25) is 0 Å². The summed E-state index contributed by atoms with van der Waals surface area (Å²) in [6.07, 6.45) is 4.03. The van der Waals surface area contributed by atoms with E-state index in [1.807, 2.05) is 6.07 Å². The molecule has 0 spiro atoms. The lowest BCUT2D eigenvalue weighted by molar-refractivity contribution is 0.101. The molecule has 4 heterocycles. The molecule has 2 N–H and O–H groups in total. The maximum atomic E-state index is 12.8. The predicted octanol–water partition coefficient (Wildman–Crippen LogP) is 4.86. The van der Waals surface area contributed by atoms with Gasteiger partial charge >= 0.3 is 0 Å². The number of carbonyl (C=O) groups excluding carboxylic acids is 2. The largest absolute Gasteiger partial charge is 0.348 e. The van der Waals surface area contributed by atoms with Crippen molar-refractivity contribution in [1.82, 2.24) is 9.97 Å². The lowest BCUT2D eigenvalue weighted by Gasteiger charge is -2.11. The van der Waals surface area contributed by atoms with Crippen LogP contribution in [-0.4, -0.2) is 34.9 Å². The number of thiophene rings is 1. The number of nitrogens with zero attached hydrogens (tertiary/aromatic N) is 3. The Kier molecular flexibility index (Phi) is 5.35. The monoisotopic (exact) mass is 449 g/mol. The quantitative estimate of drug-likeness (QED) is 0.454. The number of aromatic nitrogens is 2. The van der Waals surface area contributed by atoms with Crippen LogP contribution in [0.1, 0.15) is 32.9 Å². The number of hydrogen-bond donors (Lipinski definition) is 2. The molecular weight excluding hydrogens is 430 g/mol. The van der Waals surface area contributed by atoms with Gasteiger partial charge in [-0.15, -0.1) is 11.3 Å². The molecule has 0 saturated carbocycles. The molecule has 1 aliphatic heterocycles. The molecule has 3 aromatic heterocycles. The number of thiazole rings is 1. The highest BCUT2D eigenvalue weighted by Crippen LogP contribution is 2.36. The number of fused-ring (bicyclic) bond motifs is 1. The van der Waals surface area contributed by atoms with Gasteiger partial charge < -0.3 is 15.5 Å². The number of anilines is 3. The average Bonchev–Trinajstić information content (AvgIpc) is 3.51. The summed E-state index contributed by atoms with van der Waals surface area (Å²) < 4.78 is 1.03. The van der Waals surface area contributed by atoms with E-state index in [9.17, 15) is 9.59 Å². The van der Waals surface area contributed by atoms with Gasteiger partial charge in [0.25, 0.3) is 11.8 Å². The average molecular weight is 450 g/mol. The Hall–Kier alpha value is -3.30. The summed E-state index contributed by atoms with van der Waals surface area (Å²) in [7, 11) is 0. The Bertz CT molecular complexity index is 1210. The first-order chi connectivity index (χ1) is 15.2. The molecule has 7 nitrogen and oxygen atoms in total. The van der Waals surface area contributed by atoms with Gasteiger partial charge in [-0.25, -0.2) is 9.97 Å². The van der Waals surface area contributed by atoms with Crippen LogP contribution in [0.2, 0.25) is 0 Å². The van der Waals surface area contributed by atoms with Crippen molar-refractivity contribution < 1.29 is 9.59 Å². The summed E-state index contributed by atoms with van der Waals surface area (Å²) >= 11 is 3.02. The molecule has 2 amide bonds. The number of carbonyl (C=O) groups is 2. The van der Waals surface area contributed by atoms with Crippen LogP contribution in [0.3, 0.4) is 0 Å². The van der Waals surface area contributed by atoms with Gasteiger partial charge in [0.05, 0.1) is 9.58 Å². The minimum Gasteiger partial charge on any atom is -0.348 e. The first-order valence-electron chi connectivity index (χ1n) is 9.95. The maximum absolute atomic E-state index is 12.8. The first kappa shape index (κ1) is 19.7. The molecule has 4 aromatic rings. The fourth-order valence-electron chi connectivity index (χ4n) is 3.44. The van der Waals surface area contributed by atoms with Crippen LogP contribution in [0.4, 0.5) is 16.6 Å². The van der Waals surface area contributed by atoms with Gasteiger partial charge in [-0.3, -0.25) is 9.59 Å². The molecule has 0 aliphatic carbocycles. The Labute approximate surface area is 186 Å². The standard InChI is InChI=1S/C22H19N5O2S2/c28-19(25-18-8-1-2-9-23-18)14-6-5-7-15(12-14)24-20(29)16-13-17-21(30-16)26-22(31-17)27-10-3-4-11-27/h1-2,5-9,12-13H,3-4,10-11H2,(H,24,29)(H,23,25,28). The second-order valence-corrected chi connectivity index (χ2v) is 9.21. The van der Waals surface area contributed by atoms with Gasteiger partial charge in [0.1, 0.15) is 10.6 Å². The first-order valence-corrected chi connectivity index (χ1v) is 11.6. The van der Waals surface area contributed by atoms with Crippen LogP contribution in [-0.2, 0) is 0 Å². The molecule has 1 saturated heterocycles. The third-order valence-corrected chi connectivity index (χ3v) is 7.19. The van der Waals surface area contributed by atoms with Crippen LogP contribution in [0.25, 0.3) is 9.53 Å². The molecule has 1 aromatic carbocycles. The second kappa shape index (κ2) is 8.44. The van der Waals surface area contributed by atoms with Crippen molar-refractivity contribution in [2.45, 2.75) is 12.8 Å². The fraction of sp³-hybridized carbons (Fsp3) is 0.182. The van der Waals surface area contributed by atoms with Crippen LogP contribution < -0.4 is 15.5 Å². The smallest absolute Gasteiger partial charge is 0.265 e. The van der Waals surface area contributed by atoms with E-state index in [1.165, 1.54) is 24.2 Å². The Balaban J connectivity index is 1.28. The summed E-state index contributed by atoms with van der Waals surface area (Å²) in [6.45, 7) is 2.11.